The fraction of sp³-hybridized carbons (Fsp3) is 0.350. The summed E-state index contributed by atoms with van der Waals surface area (Å²) in [6.45, 7) is 4.35. The molecule has 4 heteroatoms. The van der Waals surface area contributed by atoms with Crippen molar-refractivity contribution in [2.75, 3.05) is 30.4 Å². The predicted molar refractivity (Wildman–Crippen MR) is 98.0 cm³/mol. The van der Waals surface area contributed by atoms with Crippen molar-refractivity contribution in [2.45, 2.75) is 26.2 Å². The van der Waals surface area contributed by atoms with Gasteiger partial charge in [-0.15, -0.1) is 0 Å². The largest absolute Gasteiger partial charge is 0.496 e. The molecule has 126 valence electrons. The molecule has 0 radical (unpaired) electrons. The summed E-state index contributed by atoms with van der Waals surface area (Å²) in [5, 5.41) is 2.99. The smallest absolute Gasteiger partial charge is 0.228 e. The van der Waals surface area contributed by atoms with Crippen LogP contribution >= 0.6 is 0 Å². The summed E-state index contributed by atoms with van der Waals surface area (Å²) >= 11 is 0. The van der Waals surface area contributed by atoms with E-state index in [1.165, 1.54) is 24.1 Å². The Morgan fingerprint density at radius 3 is 2.62 bits per heavy atom. The maximum Gasteiger partial charge on any atom is 0.228 e. The summed E-state index contributed by atoms with van der Waals surface area (Å²) < 4.78 is 5.30. The molecule has 0 spiro atoms. The number of aryl methyl sites for hydroxylation is 1. The second kappa shape index (κ2) is 7.39. The molecule has 1 aliphatic rings. The molecule has 1 saturated heterocycles. The maximum atomic E-state index is 12.3. The molecular formula is C20H24N2O2. The normalized spacial score (nSPS) is 13.8. The number of benzene rings is 2. The van der Waals surface area contributed by atoms with Crippen LogP contribution in [0.25, 0.3) is 0 Å². The highest BCUT2D eigenvalue weighted by Crippen LogP contribution is 2.27. The number of nitrogens with one attached hydrogen (secondary N) is 1. The lowest BCUT2D eigenvalue weighted by atomic mass is 10.1. The van der Waals surface area contributed by atoms with Gasteiger partial charge < -0.3 is 15.0 Å². The molecule has 1 aliphatic heterocycles. The standard InChI is InChI=1S/C20H24N2O2/c1-15-13-17(9-10-18(15)22-11-5-6-12-22)21-20(23)14-16-7-3-4-8-19(16)24-2/h3-4,7-10,13H,5-6,11-12,14H2,1-2H3,(H,21,23). The number of nitrogens with zero attached hydrogens (tertiary/aromatic N) is 1. The first-order valence-corrected chi connectivity index (χ1v) is 8.45. The minimum Gasteiger partial charge on any atom is -0.496 e. The highest BCUT2D eigenvalue weighted by atomic mass is 16.5. The molecule has 1 heterocycles. The number of carbonyl (C=O) groups excluding carboxylic acids is 1. The van der Waals surface area contributed by atoms with Crippen molar-refractivity contribution < 1.29 is 9.53 Å². The van der Waals surface area contributed by atoms with Crippen LogP contribution in [-0.4, -0.2) is 26.1 Å². The number of anilines is 2. The van der Waals surface area contributed by atoms with E-state index in [9.17, 15) is 4.79 Å². The fourth-order valence-electron chi connectivity index (χ4n) is 3.27. The summed E-state index contributed by atoms with van der Waals surface area (Å²) in [5.74, 6) is 0.709. The number of rotatable bonds is 5. The lowest BCUT2D eigenvalue weighted by Crippen LogP contribution is -2.19. The minimum absolute atomic E-state index is 0.0344. The predicted octanol–water partition coefficient (Wildman–Crippen LogP) is 3.79. The molecule has 0 aliphatic carbocycles. The quantitative estimate of drug-likeness (QED) is 0.910. The number of amides is 1. The molecule has 0 aromatic heterocycles. The topological polar surface area (TPSA) is 41.6 Å². The van der Waals surface area contributed by atoms with Crippen LogP contribution in [0, 0.1) is 6.92 Å². The summed E-state index contributed by atoms with van der Waals surface area (Å²) in [4.78, 5) is 14.7. The van der Waals surface area contributed by atoms with E-state index in [1.807, 2.05) is 36.4 Å². The van der Waals surface area contributed by atoms with Gasteiger partial charge in [0.2, 0.25) is 5.91 Å². The second-order valence-electron chi connectivity index (χ2n) is 6.23. The zero-order valence-corrected chi connectivity index (χ0v) is 14.3. The van der Waals surface area contributed by atoms with Gasteiger partial charge in [-0.05, 0) is 49.6 Å². The van der Waals surface area contributed by atoms with Gasteiger partial charge in [0.15, 0.2) is 0 Å². The van der Waals surface area contributed by atoms with E-state index < -0.39 is 0 Å². The van der Waals surface area contributed by atoms with Crippen molar-refractivity contribution in [1.82, 2.24) is 0 Å². The van der Waals surface area contributed by atoms with E-state index in [2.05, 4.69) is 23.2 Å². The number of hydrogen-bond acceptors (Lipinski definition) is 3. The molecule has 0 atom stereocenters. The molecule has 2 aromatic rings. The van der Waals surface area contributed by atoms with Crippen molar-refractivity contribution in [3.05, 3.63) is 53.6 Å². The molecule has 1 amide bonds. The average molecular weight is 324 g/mol. The summed E-state index contributed by atoms with van der Waals surface area (Å²) in [5.41, 5.74) is 4.21. The molecule has 0 saturated carbocycles. The first-order chi connectivity index (χ1) is 11.7. The Hall–Kier alpha value is -2.49. The van der Waals surface area contributed by atoms with Crippen LogP contribution in [-0.2, 0) is 11.2 Å². The van der Waals surface area contributed by atoms with E-state index in [1.54, 1.807) is 7.11 Å². The molecule has 2 aromatic carbocycles. The third-order valence-corrected chi connectivity index (χ3v) is 4.47. The Kier molecular flexibility index (Phi) is 5.04. The number of ether oxygens (including phenoxy) is 1. The number of carbonyl (C=O) groups is 1. The molecule has 24 heavy (non-hydrogen) atoms. The van der Waals surface area contributed by atoms with Gasteiger partial charge >= 0.3 is 0 Å². The van der Waals surface area contributed by atoms with E-state index in [0.717, 1.165) is 30.1 Å². The van der Waals surface area contributed by atoms with Crippen molar-refractivity contribution in [3.8, 4) is 5.75 Å². The minimum atomic E-state index is -0.0344. The fourth-order valence-corrected chi connectivity index (χ4v) is 3.27. The van der Waals surface area contributed by atoms with Crippen LogP contribution in [0.5, 0.6) is 5.75 Å². The van der Waals surface area contributed by atoms with Gasteiger partial charge in [0.05, 0.1) is 13.5 Å². The Morgan fingerprint density at radius 1 is 1.17 bits per heavy atom. The highest BCUT2D eigenvalue weighted by Gasteiger charge is 2.15. The molecule has 4 nitrogen and oxygen atoms in total. The lowest BCUT2D eigenvalue weighted by Gasteiger charge is -2.20. The average Bonchev–Trinajstić information content (AvgIpc) is 3.09. The van der Waals surface area contributed by atoms with E-state index >= 15 is 0 Å². The van der Waals surface area contributed by atoms with Crippen molar-refractivity contribution >= 4 is 17.3 Å². The van der Waals surface area contributed by atoms with Crippen LogP contribution in [0.15, 0.2) is 42.5 Å². The maximum absolute atomic E-state index is 12.3. The molecule has 0 unspecified atom stereocenters. The molecule has 0 bridgehead atoms. The monoisotopic (exact) mass is 324 g/mol. The number of para-hydroxylation sites is 1. The Balaban J connectivity index is 1.67. The van der Waals surface area contributed by atoms with Crippen LogP contribution in [0.1, 0.15) is 24.0 Å². The van der Waals surface area contributed by atoms with Gasteiger partial charge in [0, 0.05) is 30.0 Å². The van der Waals surface area contributed by atoms with Gasteiger partial charge in [0.25, 0.3) is 0 Å². The zero-order valence-electron chi connectivity index (χ0n) is 14.3. The summed E-state index contributed by atoms with van der Waals surface area (Å²) in [6, 6.07) is 13.8. The van der Waals surface area contributed by atoms with Crippen LogP contribution in [0.3, 0.4) is 0 Å². The van der Waals surface area contributed by atoms with Crippen LogP contribution in [0.4, 0.5) is 11.4 Å². The van der Waals surface area contributed by atoms with Crippen molar-refractivity contribution in [2.24, 2.45) is 0 Å². The van der Waals surface area contributed by atoms with E-state index in [0.29, 0.717) is 6.42 Å². The van der Waals surface area contributed by atoms with Gasteiger partial charge in [0.1, 0.15) is 5.75 Å². The van der Waals surface area contributed by atoms with Crippen LogP contribution in [0.2, 0.25) is 0 Å². The number of methoxy groups -OCH3 is 1. The van der Waals surface area contributed by atoms with Crippen LogP contribution < -0.4 is 15.0 Å². The third kappa shape index (κ3) is 3.70. The molecular weight excluding hydrogens is 300 g/mol. The molecule has 3 rings (SSSR count). The van der Waals surface area contributed by atoms with Gasteiger partial charge in [-0.2, -0.15) is 0 Å². The second-order valence-corrected chi connectivity index (χ2v) is 6.23. The van der Waals surface area contributed by atoms with E-state index in [-0.39, 0.29) is 5.91 Å². The van der Waals surface area contributed by atoms with Gasteiger partial charge in [-0.25, -0.2) is 0 Å². The Bertz CT molecular complexity index is 721. The SMILES string of the molecule is COc1ccccc1CC(=O)Nc1ccc(N2CCCC2)c(C)c1. The Morgan fingerprint density at radius 2 is 1.92 bits per heavy atom. The molecule has 1 fully saturated rings. The Labute approximate surface area is 143 Å². The summed E-state index contributed by atoms with van der Waals surface area (Å²) in [7, 11) is 1.62. The van der Waals surface area contributed by atoms with Gasteiger partial charge in [-0.3, -0.25) is 4.79 Å². The first-order valence-electron chi connectivity index (χ1n) is 8.45. The number of hydrogen-bond donors (Lipinski definition) is 1. The zero-order chi connectivity index (χ0) is 16.9. The third-order valence-electron chi connectivity index (χ3n) is 4.47. The lowest BCUT2D eigenvalue weighted by molar-refractivity contribution is -0.115. The van der Waals surface area contributed by atoms with Crippen molar-refractivity contribution in [3.63, 3.8) is 0 Å². The van der Waals surface area contributed by atoms with Crippen molar-refractivity contribution in [1.29, 1.82) is 0 Å². The van der Waals surface area contributed by atoms with E-state index in [4.69, 9.17) is 4.74 Å². The van der Waals surface area contributed by atoms with Gasteiger partial charge in [-0.1, -0.05) is 18.2 Å². The molecule has 1 N–H and O–H groups in total. The first kappa shape index (κ1) is 16.4. The summed E-state index contributed by atoms with van der Waals surface area (Å²) in [6.07, 6.45) is 2.82. The highest BCUT2D eigenvalue weighted by molar-refractivity contribution is 5.93.